The van der Waals surface area contributed by atoms with Crippen molar-refractivity contribution < 1.29 is 0 Å². The Hall–Kier alpha value is -0.870. The number of imidazole rings is 1. The second kappa shape index (κ2) is 6.53. The van der Waals surface area contributed by atoms with E-state index in [1.165, 1.54) is 25.1 Å². The lowest BCUT2D eigenvalue weighted by Crippen LogP contribution is -2.41. The minimum atomic E-state index is 0.479. The normalized spacial score (nSPS) is 25.1. The van der Waals surface area contributed by atoms with Crippen molar-refractivity contribution in [3.63, 3.8) is 0 Å². The molecule has 108 valence electrons. The summed E-state index contributed by atoms with van der Waals surface area (Å²) in [6, 6.07) is 0.977. The highest BCUT2D eigenvalue weighted by Gasteiger charge is 2.32. The zero-order valence-electron chi connectivity index (χ0n) is 12.8. The molecule has 4 heteroatoms. The second-order valence-corrected chi connectivity index (χ2v) is 5.95. The number of likely N-dealkylation sites (tertiary alicyclic amines) is 1. The van der Waals surface area contributed by atoms with Gasteiger partial charge in [0.1, 0.15) is 0 Å². The van der Waals surface area contributed by atoms with Gasteiger partial charge in [-0.3, -0.25) is 4.90 Å². The molecule has 0 spiro atoms. The number of piperidine rings is 1. The lowest BCUT2D eigenvalue weighted by Gasteiger charge is -2.40. The molecule has 2 rings (SSSR count). The van der Waals surface area contributed by atoms with Crippen LogP contribution in [0.25, 0.3) is 0 Å². The molecule has 0 radical (unpaired) electrons. The van der Waals surface area contributed by atoms with Crippen LogP contribution < -0.4 is 5.32 Å². The average Bonchev–Trinajstić information content (AvgIpc) is 2.85. The zero-order valence-corrected chi connectivity index (χ0v) is 12.8. The molecule has 2 heterocycles. The smallest absolute Gasteiger partial charge is 0.0951 e. The number of aromatic nitrogens is 2. The fourth-order valence-corrected chi connectivity index (χ4v) is 3.25. The molecule has 19 heavy (non-hydrogen) atoms. The van der Waals surface area contributed by atoms with E-state index in [4.69, 9.17) is 0 Å². The van der Waals surface area contributed by atoms with E-state index in [1.54, 1.807) is 0 Å². The third-order valence-electron chi connectivity index (χ3n) is 4.22. The Balaban J connectivity index is 2.23. The summed E-state index contributed by atoms with van der Waals surface area (Å²) >= 11 is 0. The molecule has 2 unspecified atom stereocenters. The van der Waals surface area contributed by atoms with Crippen molar-refractivity contribution >= 4 is 0 Å². The summed E-state index contributed by atoms with van der Waals surface area (Å²) in [7, 11) is 2.25. The summed E-state index contributed by atoms with van der Waals surface area (Å²) in [6.07, 6.45) is 6.66. The fourth-order valence-electron chi connectivity index (χ4n) is 3.25. The first-order valence-corrected chi connectivity index (χ1v) is 7.57. The van der Waals surface area contributed by atoms with E-state index in [1.807, 2.05) is 6.33 Å². The Bertz CT molecular complexity index is 385. The van der Waals surface area contributed by atoms with Gasteiger partial charge in [0.15, 0.2) is 0 Å². The minimum absolute atomic E-state index is 0.479. The summed E-state index contributed by atoms with van der Waals surface area (Å²) in [6.45, 7) is 9.99. The molecule has 4 nitrogen and oxygen atoms in total. The van der Waals surface area contributed by atoms with Gasteiger partial charge in [0.05, 0.1) is 18.1 Å². The molecule has 0 aromatic carbocycles. The summed E-state index contributed by atoms with van der Waals surface area (Å²) < 4.78 is 2.32. The number of nitrogens with zero attached hydrogens (tertiary/aromatic N) is 3. The van der Waals surface area contributed by atoms with Crippen LogP contribution in [0, 0.1) is 5.92 Å². The van der Waals surface area contributed by atoms with Gasteiger partial charge in [0, 0.05) is 12.2 Å². The van der Waals surface area contributed by atoms with E-state index in [2.05, 4.69) is 53.8 Å². The molecule has 0 saturated carbocycles. The van der Waals surface area contributed by atoms with Gasteiger partial charge in [-0.1, -0.05) is 6.92 Å². The highest BCUT2D eigenvalue weighted by molar-refractivity contribution is 5.10. The Morgan fingerprint density at radius 2 is 2.26 bits per heavy atom. The van der Waals surface area contributed by atoms with E-state index in [0.717, 1.165) is 13.1 Å². The van der Waals surface area contributed by atoms with E-state index in [9.17, 15) is 0 Å². The van der Waals surface area contributed by atoms with Crippen LogP contribution in [-0.2, 0) is 0 Å². The van der Waals surface area contributed by atoms with Crippen LogP contribution in [0.4, 0.5) is 0 Å². The summed E-state index contributed by atoms with van der Waals surface area (Å²) in [5.41, 5.74) is 1.38. The fraction of sp³-hybridized carbons (Fsp3) is 0.800. The van der Waals surface area contributed by atoms with Crippen molar-refractivity contribution in [2.75, 3.05) is 26.7 Å². The monoisotopic (exact) mass is 264 g/mol. The maximum absolute atomic E-state index is 4.38. The molecule has 0 amide bonds. The molecule has 1 aliphatic rings. The molecular formula is C15H28N4. The Morgan fingerprint density at radius 1 is 1.47 bits per heavy atom. The summed E-state index contributed by atoms with van der Waals surface area (Å²) in [5.74, 6) is 0.688. The Labute approximate surface area is 117 Å². The first-order chi connectivity index (χ1) is 9.15. The maximum atomic E-state index is 4.38. The van der Waals surface area contributed by atoms with Gasteiger partial charge in [-0.2, -0.15) is 0 Å². The van der Waals surface area contributed by atoms with E-state index in [0.29, 0.717) is 18.0 Å². The van der Waals surface area contributed by atoms with Crippen molar-refractivity contribution in [3.8, 4) is 0 Å². The summed E-state index contributed by atoms with van der Waals surface area (Å²) in [5, 5.41) is 3.52. The molecule has 1 fully saturated rings. The van der Waals surface area contributed by atoms with Gasteiger partial charge in [-0.15, -0.1) is 0 Å². The van der Waals surface area contributed by atoms with Crippen molar-refractivity contribution in [2.24, 2.45) is 5.92 Å². The van der Waals surface area contributed by atoms with E-state index in [-0.39, 0.29) is 0 Å². The number of hydrogen-bond donors (Lipinski definition) is 1. The van der Waals surface area contributed by atoms with Gasteiger partial charge < -0.3 is 9.88 Å². The largest absolute Gasteiger partial charge is 0.331 e. The van der Waals surface area contributed by atoms with Gasteiger partial charge in [-0.25, -0.2) is 4.98 Å². The molecular weight excluding hydrogens is 236 g/mol. The number of rotatable bonds is 5. The lowest BCUT2D eigenvalue weighted by molar-refractivity contribution is 0.112. The minimum Gasteiger partial charge on any atom is -0.331 e. The van der Waals surface area contributed by atoms with Crippen molar-refractivity contribution in [1.82, 2.24) is 19.8 Å². The number of hydrogen-bond acceptors (Lipinski definition) is 3. The quantitative estimate of drug-likeness (QED) is 0.887. The zero-order chi connectivity index (χ0) is 13.8. The van der Waals surface area contributed by atoms with Crippen molar-refractivity contribution in [3.05, 3.63) is 18.2 Å². The van der Waals surface area contributed by atoms with Crippen LogP contribution in [0.1, 0.15) is 51.4 Å². The summed E-state index contributed by atoms with van der Waals surface area (Å²) in [4.78, 5) is 6.89. The van der Waals surface area contributed by atoms with Crippen molar-refractivity contribution in [1.29, 1.82) is 0 Å². The van der Waals surface area contributed by atoms with E-state index >= 15 is 0 Å². The second-order valence-electron chi connectivity index (χ2n) is 5.95. The van der Waals surface area contributed by atoms with Crippen LogP contribution in [0.2, 0.25) is 0 Å². The lowest BCUT2D eigenvalue weighted by atomic mass is 9.87. The number of nitrogens with one attached hydrogen (secondary N) is 1. The third kappa shape index (κ3) is 3.18. The molecule has 1 aromatic rings. The van der Waals surface area contributed by atoms with Crippen LogP contribution in [0.3, 0.4) is 0 Å². The standard InChI is InChI=1S/C15H28N4/c1-5-16-9-13-7-6-8-18(4)15(13)14-10-17-11-19(14)12(2)3/h10-13,15-16H,5-9H2,1-4H3. The average molecular weight is 264 g/mol. The highest BCUT2D eigenvalue weighted by atomic mass is 15.2. The van der Waals surface area contributed by atoms with Crippen LogP contribution >= 0.6 is 0 Å². The molecule has 0 aliphatic carbocycles. The third-order valence-corrected chi connectivity index (χ3v) is 4.22. The predicted molar refractivity (Wildman–Crippen MR) is 79.3 cm³/mol. The molecule has 2 atom stereocenters. The Kier molecular flexibility index (Phi) is 4.99. The van der Waals surface area contributed by atoms with Gasteiger partial charge in [-0.05, 0) is 59.3 Å². The predicted octanol–water partition coefficient (Wildman–Crippen LogP) is 2.46. The van der Waals surface area contributed by atoms with Gasteiger partial charge in [0.2, 0.25) is 0 Å². The first kappa shape index (κ1) is 14.5. The van der Waals surface area contributed by atoms with Crippen LogP contribution in [0.5, 0.6) is 0 Å². The van der Waals surface area contributed by atoms with E-state index < -0.39 is 0 Å². The first-order valence-electron chi connectivity index (χ1n) is 7.57. The highest BCUT2D eigenvalue weighted by Crippen LogP contribution is 2.35. The SMILES string of the molecule is CCNCC1CCCN(C)C1c1cncn1C(C)C. The molecule has 1 N–H and O–H groups in total. The van der Waals surface area contributed by atoms with Gasteiger partial charge >= 0.3 is 0 Å². The van der Waals surface area contributed by atoms with Crippen LogP contribution in [0.15, 0.2) is 12.5 Å². The van der Waals surface area contributed by atoms with Crippen LogP contribution in [-0.4, -0.2) is 41.1 Å². The maximum Gasteiger partial charge on any atom is 0.0951 e. The molecule has 1 aliphatic heterocycles. The van der Waals surface area contributed by atoms with Crippen molar-refractivity contribution in [2.45, 2.75) is 45.7 Å². The molecule has 1 aromatic heterocycles. The molecule has 0 bridgehead atoms. The molecule has 1 saturated heterocycles. The topological polar surface area (TPSA) is 33.1 Å². The Morgan fingerprint density at radius 3 is 2.95 bits per heavy atom. The van der Waals surface area contributed by atoms with Gasteiger partial charge in [0.25, 0.3) is 0 Å².